The molecule has 0 fully saturated rings. The van der Waals surface area contributed by atoms with Gasteiger partial charge < -0.3 is 10.5 Å². The van der Waals surface area contributed by atoms with E-state index in [1.165, 1.54) is 6.07 Å². The van der Waals surface area contributed by atoms with E-state index in [1.807, 2.05) is 0 Å². The summed E-state index contributed by atoms with van der Waals surface area (Å²) in [6, 6.07) is 4.54. The van der Waals surface area contributed by atoms with Crippen LogP contribution in [0.5, 0.6) is 5.75 Å². The Labute approximate surface area is 97.0 Å². The summed E-state index contributed by atoms with van der Waals surface area (Å²) < 4.78 is 18.9. The average molecular weight is 237 g/mol. The smallest absolute Gasteiger partial charge is 0.214 e. The Bertz CT molecular complexity index is 487. The number of hydrogen-bond donors (Lipinski definition) is 2. The van der Waals surface area contributed by atoms with Crippen LogP contribution in [0, 0.1) is 5.82 Å². The quantitative estimate of drug-likeness (QED) is 0.825. The highest BCUT2D eigenvalue weighted by atomic mass is 19.1. The number of nitrogens with two attached hydrogens (primary N) is 1. The molecule has 0 aliphatic rings. The van der Waals surface area contributed by atoms with E-state index in [2.05, 4.69) is 20.6 Å². The molecule has 0 spiro atoms. The van der Waals surface area contributed by atoms with Gasteiger partial charge in [-0.1, -0.05) is 11.3 Å². The lowest BCUT2D eigenvalue weighted by Crippen LogP contribution is -2.06. The van der Waals surface area contributed by atoms with Crippen LogP contribution in [-0.2, 0) is 6.54 Å². The molecule has 90 valence electrons. The summed E-state index contributed by atoms with van der Waals surface area (Å²) in [6.45, 7) is 1.91. The molecule has 0 saturated heterocycles. The lowest BCUT2D eigenvalue weighted by atomic mass is 10.2. The van der Waals surface area contributed by atoms with Crippen molar-refractivity contribution in [1.82, 2.24) is 20.6 Å². The summed E-state index contributed by atoms with van der Waals surface area (Å²) in [6.07, 6.45) is -0.406. The minimum absolute atomic E-state index is 0.159. The van der Waals surface area contributed by atoms with Gasteiger partial charge in [0.2, 0.25) is 5.82 Å². The highest BCUT2D eigenvalue weighted by Gasteiger charge is 2.12. The van der Waals surface area contributed by atoms with Gasteiger partial charge in [-0.2, -0.15) is 5.21 Å². The average Bonchev–Trinajstić information content (AvgIpc) is 2.82. The van der Waals surface area contributed by atoms with Gasteiger partial charge in [0.1, 0.15) is 11.6 Å². The van der Waals surface area contributed by atoms with Crippen molar-refractivity contribution in [3.8, 4) is 5.75 Å². The van der Waals surface area contributed by atoms with E-state index in [-0.39, 0.29) is 12.4 Å². The highest BCUT2D eigenvalue weighted by Crippen LogP contribution is 2.21. The van der Waals surface area contributed by atoms with E-state index in [0.29, 0.717) is 17.1 Å². The van der Waals surface area contributed by atoms with E-state index in [9.17, 15) is 4.39 Å². The first-order valence-corrected chi connectivity index (χ1v) is 5.09. The Morgan fingerprint density at radius 2 is 2.35 bits per heavy atom. The van der Waals surface area contributed by atoms with E-state index in [0.717, 1.165) is 0 Å². The third-order valence-corrected chi connectivity index (χ3v) is 2.28. The number of rotatable bonds is 4. The van der Waals surface area contributed by atoms with Gasteiger partial charge in [-0.25, -0.2) is 4.39 Å². The predicted molar refractivity (Wildman–Crippen MR) is 57.5 cm³/mol. The molecule has 1 aromatic carbocycles. The molecule has 0 saturated carbocycles. The maximum atomic E-state index is 13.4. The van der Waals surface area contributed by atoms with E-state index < -0.39 is 6.10 Å². The molecular weight excluding hydrogens is 225 g/mol. The Morgan fingerprint density at radius 1 is 1.53 bits per heavy atom. The number of aromatic amines is 1. The Kier molecular flexibility index (Phi) is 3.29. The van der Waals surface area contributed by atoms with Crippen molar-refractivity contribution >= 4 is 0 Å². The summed E-state index contributed by atoms with van der Waals surface area (Å²) in [5, 5.41) is 13.3. The number of ether oxygens (including phenoxy) is 1. The molecule has 3 N–H and O–H groups in total. The van der Waals surface area contributed by atoms with Crippen LogP contribution in [0.2, 0.25) is 0 Å². The molecule has 1 unspecified atom stereocenters. The van der Waals surface area contributed by atoms with Crippen molar-refractivity contribution in [3.05, 3.63) is 35.4 Å². The number of H-pyrrole nitrogens is 1. The molecule has 0 radical (unpaired) electrons. The second-order valence-corrected chi connectivity index (χ2v) is 3.49. The largest absolute Gasteiger partial charge is 0.482 e. The van der Waals surface area contributed by atoms with Crippen LogP contribution in [-0.4, -0.2) is 20.6 Å². The van der Waals surface area contributed by atoms with Crippen LogP contribution in [0.15, 0.2) is 18.2 Å². The van der Waals surface area contributed by atoms with Crippen molar-refractivity contribution in [3.63, 3.8) is 0 Å². The normalized spacial score (nSPS) is 12.4. The molecule has 0 bridgehead atoms. The first kappa shape index (κ1) is 11.5. The van der Waals surface area contributed by atoms with E-state index in [4.69, 9.17) is 10.5 Å². The fraction of sp³-hybridized carbons (Fsp3) is 0.300. The number of halogens is 1. The lowest BCUT2D eigenvalue weighted by Gasteiger charge is -2.11. The summed E-state index contributed by atoms with van der Waals surface area (Å²) in [7, 11) is 0. The third-order valence-electron chi connectivity index (χ3n) is 2.28. The topological polar surface area (TPSA) is 89.7 Å². The minimum atomic E-state index is -0.406. The van der Waals surface area contributed by atoms with Gasteiger partial charge in [-0.05, 0) is 13.0 Å². The second kappa shape index (κ2) is 4.88. The molecule has 2 aromatic rings. The number of benzene rings is 1. The molecule has 17 heavy (non-hydrogen) atoms. The van der Waals surface area contributed by atoms with Gasteiger partial charge >= 0.3 is 0 Å². The molecule has 0 aliphatic heterocycles. The molecule has 1 heterocycles. The first-order chi connectivity index (χ1) is 8.20. The molecule has 1 aromatic heterocycles. The van der Waals surface area contributed by atoms with Crippen molar-refractivity contribution in [2.45, 2.75) is 19.6 Å². The zero-order valence-corrected chi connectivity index (χ0v) is 9.22. The Hall–Kier alpha value is -2.02. The van der Waals surface area contributed by atoms with Crippen molar-refractivity contribution < 1.29 is 9.13 Å². The van der Waals surface area contributed by atoms with E-state index >= 15 is 0 Å². The van der Waals surface area contributed by atoms with Gasteiger partial charge in [0.15, 0.2) is 6.10 Å². The summed E-state index contributed by atoms with van der Waals surface area (Å²) >= 11 is 0. The fourth-order valence-electron chi connectivity index (χ4n) is 1.37. The van der Waals surface area contributed by atoms with Crippen molar-refractivity contribution in [2.75, 3.05) is 0 Å². The zero-order chi connectivity index (χ0) is 12.3. The Balaban J connectivity index is 2.11. The van der Waals surface area contributed by atoms with Gasteiger partial charge in [0.25, 0.3) is 0 Å². The minimum Gasteiger partial charge on any atom is -0.482 e. The number of tetrazole rings is 1. The van der Waals surface area contributed by atoms with Crippen LogP contribution in [0.1, 0.15) is 24.4 Å². The molecule has 6 nitrogen and oxygen atoms in total. The van der Waals surface area contributed by atoms with Crippen LogP contribution in [0.3, 0.4) is 0 Å². The molecule has 2 rings (SSSR count). The lowest BCUT2D eigenvalue weighted by molar-refractivity contribution is 0.215. The number of nitrogens with zero attached hydrogens (tertiary/aromatic N) is 3. The zero-order valence-electron chi connectivity index (χ0n) is 9.22. The summed E-state index contributed by atoms with van der Waals surface area (Å²) in [5.41, 5.74) is 5.81. The van der Waals surface area contributed by atoms with Crippen LogP contribution < -0.4 is 10.5 Å². The summed E-state index contributed by atoms with van der Waals surface area (Å²) in [4.78, 5) is 0. The van der Waals surface area contributed by atoms with Crippen LogP contribution in [0.25, 0.3) is 0 Å². The SMILES string of the molecule is CC(Oc1ccc(CN)c(F)c1)c1nn[nH]n1. The maximum absolute atomic E-state index is 13.4. The van der Waals surface area contributed by atoms with E-state index in [1.54, 1.807) is 19.1 Å². The number of hydrogen-bond acceptors (Lipinski definition) is 5. The van der Waals surface area contributed by atoms with Crippen LogP contribution in [0.4, 0.5) is 4.39 Å². The fourth-order valence-corrected chi connectivity index (χ4v) is 1.37. The molecule has 1 atom stereocenters. The standard InChI is InChI=1S/C10H12FN5O/c1-6(10-13-15-16-14-10)17-8-3-2-7(5-12)9(11)4-8/h2-4,6H,5,12H2,1H3,(H,13,14,15,16). The summed E-state index contributed by atoms with van der Waals surface area (Å²) in [5.74, 6) is 0.427. The number of aromatic nitrogens is 4. The van der Waals surface area contributed by atoms with Crippen LogP contribution >= 0.6 is 0 Å². The van der Waals surface area contributed by atoms with Gasteiger partial charge in [-0.3, -0.25) is 0 Å². The number of nitrogens with one attached hydrogen (secondary N) is 1. The van der Waals surface area contributed by atoms with Crippen molar-refractivity contribution in [1.29, 1.82) is 0 Å². The van der Waals surface area contributed by atoms with Crippen molar-refractivity contribution in [2.24, 2.45) is 5.73 Å². The third kappa shape index (κ3) is 2.56. The maximum Gasteiger partial charge on any atom is 0.214 e. The van der Waals surface area contributed by atoms with Gasteiger partial charge in [0, 0.05) is 18.2 Å². The van der Waals surface area contributed by atoms with Gasteiger partial charge in [-0.15, -0.1) is 10.2 Å². The van der Waals surface area contributed by atoms with Gasteiger partial charge in [0.05, 0.1) is 0 Å². The molecule has 0 amide bonds. The first-order valence-electron chi connectivity index (χ1n) is 5.09. The Morgan fingerprint density at radius 3 is 2.94 bits per heavy atom. The predicted octanol–water partition coefficient (Wildman–Crippen LogP) is 0.938. The molecule has 7 heteroatoms. The monoisotopic (exact) mass is 237 g/mol. The molecule has 0 aliphatic carbocycles. The second-order valence-electron chi connectivity index (χ2n) is 3.49. The molecular formula is C10H12FN5O. The highest BCUT2D eigenvalue weighted by molar-refractivity contribution is 5.29.